The van der Waals surface area contributed by atoms with Crippen LogP contribution in [0.15, 0.2) is 0 Å². The fraction of sp³-hybridized carbons (Fsp3) is 0.964. The molecule has 0 aromatic carbocycles. The van der Waals surface area contributed by atoms with Crippen LogP contribution in [0.2, 0.25) is 0 Å². The van der Waals surface area contributed by atoms with Crippen LogP contribution in [-0.2, 0) is 4.79 Å². The highest BCUT2D eigenvalue weighted by atomic mass is 16.1. The van der Waals surface area contributed by atoms with E-state index in [4.69, 9.17) is 0 Å². The minimum atomic E-state index is 0.355. The molecule has 3 saturated carbocycles. The molecule has 29 heavy (non-hydrogen) atoms. The molecule has 0 bridgehead atoms. The zero-order valence-electron chi connectivity index (χ0n) is 20.8. The third kappa shape index (κ3) is 4.50. The second-order valence-corrected chi connectivity index (χ2v) is 12.9. The maximum Gasteiger partial charge on any atom is 0.129 e. The molecule has 168 valence electrons. The third-order valence-electron chi connectivity index (χ3n) is 10.5. The monoisotopic (exact) mass is 402 g/mol. The molecule has 0 heterocycles. The molecule has 0 radical (unpaired) electrons. The number of hydrogen-bond acceptors (Lipinski definition) is 1. The zero-order chi connectivity index (χ0) is 21.4. The van der Waals surface area contributed by atoms with Crippen LogP contribution in [0.4, 0.5) is 0 Å². The number of rotatable bonds is 7. The second kappa shape index (κ2) is 8.66. The molecule has 3 aliphatic rings. The maximum absolute atomic E-state index is 11.3. The Bertz CT molecular complexity index is 577. The third-order valence-corrected chi connectivity index (χ3v) is 10.5. The van der Waals surface area contributed by atoms with Gasteiger partial charge in [0, 0.05) is 6.42 Å². The van der Waals surface area contributed by atoms with E-state index in [2.05, 4.69) is 41.5 Å². The van der Waals surface area contributed by atoms with Gasteiger partial charge >= 0.3 is 0 Å². The summed E-state index contributed by atoms with van der Waals surface area (Å²) in [5.41, 5.74) is 1.66. The lowest BCUT2D eigenvalue weighted by molar-refractivity contribution is -0.174. The lowest BCUT2D eigenvalue weighted by Crippen LogP contribution is -2.59. The van der Waals surface area contributed by atoms with Gasteiger partial charge in [-0.05, 0) is 97.7 Å². The SMILES string of the molecule is CC(=O)CCCC(C)CC[C@@H]1[C@H](C)CCC2[C@]3(C)CCCC(C)(C)C3CC[C@@]21C. The molecule has 0 saturated heterocycles. The van der Waals surface area contributed by atoms with E-state index in [0.717, 1.165) is 42.4 Å². The number of carbonyl (C=O) groups is 1. The molecule has 0 aromatic heterocycles. The van der Waals surface area contributed by atoms with Crippen molar-refractivity contribution < 1.29 is 4.79 Å². The highest BCUT2D eigenvalue weighted by Crippen LogP contribution is 2.69. The molecule has 0 aliphatic heterocycles. The first kappa shape index (κ1) is 23.3. The molecule has 1 heteroatoms. The first-order valence-corrected chi connectivity index (χ1v) is 13.0. The van der Waals surface area contributed by atoms with Crippen molar-refractivity contribution in [3.63, 3.8) is 0 Å². The van der Waals surface area contributed by atoms with Gasteiger partial charge in [0.15, 0.2) is 0 Å². The Morgan fingerprint density at radius 1 is 0.931 bits per heavy atom. The van der Waals surface area contributed by atoms with Crippen LogP contribution >= 0.6 is 0 Å². The molecule has 0 spiro atoms. The standard InChI is InChI=1S/C28H50O/c1-20(10-8-11-22(3)29)12-14-23-21(2)13-15-25-27(23,6)19-16-24-26(4,5)17-9-18-28(24,25)7/h20-21,23-25H,8-19H2,1-7H3/t20?,21-,23-,24?,25?,27-,28-/m1/s1. The molecule has 7 atom stereocenters. The van der Waals surface area contributed by atoms with Gasteiger partial charge in [0.2, 0.25) is 0 Å². The quantitative estimate of drug-likeness (QED) is 0.417. The van der Waals surface area contributed by atoms with Crippen LogP contribution in [0.5, 0.6) is 0 Å². The predicted octanol–water partition coefficient (Wildman–Crippen LogP) is 8.46. The van der Waals surface area contributed by atoms with E-state index in [-0.39, 0.29) is 0 Å². The van der Waals surface area contributed by atoms with Gasteiger partial charge < -0.3 is 4.79 Å². The topological polar surface area (TPSA) is 17.1 Å². The Morgan fingerprint density at radius 2 is 1.66 bits per heavy atom. The summed E-state index contributed by atoms with van der Waals surface area (Å²) >= 11 is 0. The summed E-state index contributed by atoms with van der Waals surface area (Å²) in [6.07, 6.45) is 16.1. The molecule has 1 nitrogen and oxygen atoms in total. The average Bonchev–Trinajstić information content (AvgIpc) is 2.59. The van der Waals surface area contributed by atoms with Crippen molar-refractivity contribution in [1.29, 1.82) is 0 Å². The summed E-state index contributed by atoms with van der Waals surface area (Å²) in [5.74, 6) is 4.78. The van der Waals surface area contributed by atoms with Crippen molar-refractivity contribution in [1.82, 2.24) is 0 Å². The van der Waals surface area contributed by atoms with Gasteiger partial charge in [0.25, 0.3) is 0 Å². The van der Waals surface area contributed by atoms with Crippen LogP contribution in [0.3, 0.4) is 0 Å². The van der Waals surface area contributed by atoms with Crippen molar-refractivity contribution in [2.45, 2.75) is 126 Å². The minimum absolute atomic E-state index is 0.355. The summed E-state index contributed by atoms with van der Waals surface area (Å²) in [5, 5.41) is 0. The summed E-state index contributed by atoms with van der Waals surface area (Å²) in [6, 6.07) is 0. The van der Waals surface area contributed by atoms with Crippen LogP contribution in [0.25, 0.3) is 0 Å². The van der Waals surface area contributed by atoms with Crippen molar-refractivity contribution in [2.75, 3.05) is 0 Å². The van der Waals surface area contributed by atoms with Crippen molar-refractivity contribution in [3.05, 3.63) is 0 Å². The van der Waals surface area contributed by atoms with Crippen molar-refractivity contribution >= 4 is 5.78 Å². The highest BCUT2D eigenvalue weighted by molar-refractivity contribution is 5.75. The highest BCUT2D eigenvalue weighted by Gasteiger charge is 2.61. The lowest BCUT2D eigenvalue weighted by Gasteiger charge is -2.66. The van der Waals surface area contributed by atoms with E-state index in [1.54, 1.807) is 6.92 Å². The number of fused-ring (bicyclic) bond motifs is 3. The zero-order valence-corrected chi connectivity index (χ0v) is 20.8. The van der Waals surface area contributed by atoms with E-state index in [1.807, 2.05) is 0 Å². The fourth-order valence-electron chi connectivity index (χ4n) is 8.99. The molecule has 3 fully saturated rings. The number of carbonyl (C=O) groups excluding carboxylic acids is 1. The van der Waals surface area contributed by atoms with Crippen molar-refractivity contribution in [2.24, 2.45) is 45.8 Å². The van der Waals surface area contributed by atoms with Crippen molar-refractivity contribution in [3.8, 4) is 0 Å². The van der Waals surface area contributed by atoms with Gasteiger partial charge in [-0.1, -0.05) is 67.2 Å². The van der Waals surface area contributed by atoms with E-state index in [0.29, 0.717) is 22.0 Å². The van der Waals surface area contributed by atoms with Gasteiger partial charge in [-0.2, -0.15) is 0 Å². The molecule has 0 N–H and O–H groups in total. The first-order chi connectivity index (χ1) is 13.5. The minimum Gasteiger partial charge on any atom is -0.300 e. The van der Waals surface area contributed by atoms with Gasteiger partial charge in [0.1, 0.15) is 5.78 Å². The number of Topliss-reactive ketones (excluding diaryl/α,β-unsaturated/α-hetero) is 1. The largest absolute Gasteiger partial charge is 0.300 e. The normalized spacial score (nSPS) is 42.6. The van der Waals surface area contributed by atoms with Crippen LogP contribution in [0.1, 0.15) is 126 Å². The predicted molar refractivity (Wildman–Crippen MR) is 125 cm³/mol. The smallest absolute Gasteiger partial charge is 0.129 e. The number of hydrogen-bond donors (Lipinski definition) is 0. The summed E-state index contributed by atoms with van der Waals surface area (Å²) in [7, 11) is 0. The lowest BCUT2D eigenvalue weighted by atomic mass is 9.38. The van der Waals surface area contributed by atoms with Gasteiger partial charge in [0.05, 0.1) is 0 Å². The number of ketones is 1. The maximum atomic E-state index is 11.3. The van der Waals surface area contributed by atoms with E-state index >= 15 is 0 Å². The Balaban J connectivity index is 1.71. The molecular weight excluding hydrogens is 352 g/mol. The Morgan fingerprint density at radius 3 is 2.34 bits per heavy atom. The van der Waals surface area contributed by atoms with E-state index in [1.165, 1.54) is 64.2 Å². The molecule has 0 amide bonds. The summed E-state index contributed by atoms with van der Waals surface area (Å²) < 4.78 is 0. The van der Waals surface area contributed by atoms with E-state index in [9.17, 15) is 4.79 Å². The first-order valence-electron chi connectivity index (χ1n) is 13.0. The Labute approximate surface area is 182 Å². The molecule has 3 rings (SSSR count). The van der Waals surface area contributed by atoms with Crippen LogP contribution in [-0.4, -0.2) is 5.78 Å². The molecule has 3 aliphatic carbocycles. The van der Waals surface area contributed by atoms with Gasteiger partial charge in [-0.3, -0.25) is 0 Å². The Hall–Kier alpha value is -0.330. The molecule has 3 unspecified atom stereocenters. The second-order valence-electron chi connectivity index (χ2n) is 12.9. The molecule has 0 aromatic rings. The summed E-state index contributed by atoms with van der Waals surface area (Å²) in [4.78, 5) is 11.3. The van der Waals surface area contributed by atoms with Crippen LogP contribution in [0, 0.1) is 45.8 Å². The summed E-state index contributed by atoms with van der Waals surface area (Å²) in [6.45, 7) is 17.3. The van der Waals surface area contributed by atoms with Crippen LogP contribution < -0.4 is 0 Å². The molecular formula is C28H50O. The van der Waals surface area contributed by atoms with E-state index < -0.39 is 0 Å². The fourth-order valence-corrected chi connectivity index (χ4v) is 8.99. The Kier molecular flexibility index (Phi) is 6.97. The van der Waals surface area contributed by atoms with Gasteiger partial charge in [-0.15, -0.1) is 0 Å². The average molecular weight is 403 g/mol. The van der Waals surface area contributed by atoms with Gasteiger partial charge in [-0.25, -0.2) is 0 Å².